The molecule has 0 atom stereocenters. The van der Waals surface area contributed by atoms with Crippen LogP contribution in [-0.2, 0) is 6.42 Å². The van der Waals surface area contributed by atoms with Crippen molar-refractivity contribution in [1.29, 1.82) is 0 Å². The maximum atomic E-state index is 5.34. The molecule has 0 amide bonds. The van der Waals surface area contributed by atoms with Crippen LogP contribution in [0.3, 0.4) is 0 Å². The van der Waals surface area contributed by atoms with Gasteiger partial charge in [-0.2, -0.15) is 0 Å². The molecule has 0 aliphatic carbocycles. The maximum Gasteiger partial charge on any atom is 0.115 e. The average Bonchev–Trinajstić information content (AvgIpc) is 2.03. The van der Waals surface area contributed by atoms with Gasteiger partial charge in [0.15, 0.2) is 0 Å². The predicted octanol–water partition coefficient (Wildman–Crippen LogP) is 0.368. The van der Waals surface area contributed by atoms with Gasteiger partial charge in [-0.25, -0.2) is 9.97 Å². The number of rotatable bonds is 3. The summed E-state index contributed by atoms with van der Waals surface area (Å²) >= 11 is 0. The molecule has 10 heavy (non-hydrogen) atoms. The number of hydrogen-bond acceptors (Lipinski definition) is 3. The normalized spacial score (nSPS) is 9.70. The number of aryl methyl sites for hydroxylation is 1. The lowest BCUT2D eigenvalue weighted by Gasteiger charge is -1.95. The third-order valence-corrected chi connectivity index (χ3v) is 1.28. The topological polar surface area (TPSA) is 51.8 Å². The minimum Gasteiger partial charge on any atom is -0.330 e. The zero-order chi connectivity index (χ0) is 7.23. The van der Waals surface area contributed by atoms with E-state index in [4.69, 9.17) is 5.73 Å². The van der Waals surface area contributed by atoms with E-state index in [0.717, 1.165) is 24.9 Å². The third-order valence-electron chi connectivity index (χ3n) is 1.28. The first-order valence-corrected chi connectivity index (χ1v) is 3.37. The van der Waals surface area contributed by atoms with Gasteiger partial charge in [0.05, 0.1) is 0 Å². The van der Waals surface area contributed by atoms with Crippen LogP contribution in [0.2, 0.25) is 0 Å². The van der Waals surface area contributed by atoms with E-state index in [2.05, 4.69) is 9.97 Å². The molecule has 0 saturated carbocycles. The molecule has 0 fully saturated rings. The van der Waals surface area contributed by atoms with Crippen LogP contribution >= 0.6 is 0 Å². The molecule has 1 aromatic heterocycles. The molecule has 0 saturated heterocycles. The molecule has 2 N–H and O–H groups in total. The summed E-state index contributed by atoms with van der Waals surface area (Å²) in [5, 5.41) is 0. The van der Waals surface area contributed by atoms with E-state index in [9.17, 15) is 0 Å². The second kappa shape index (κ2) is 3.95. The van der Waals surface area contributed by atoms with Gasteiger partial charge in [0.25, 0.3) is 0 Å². The summed E-state index contributed by atoms with van der Waals surface area (Å²) in [7, 11) is 0. The fourth-order valence-electron chi connectivity index (χ4n) is 0.765. The van der Waals surface area contributed by atoms with Gasteiger partial charge in [-0.3, -0.25) is 0 Å². The van der Waals surface area contributed by atoms with E-state index >= 15 is 0 Å². The van der Waals surface area contributed by atoms with Gasteiger partial charge in [0.2, 0.25) is 0 Å². The van der Waals surface area contributed by atoms with Crippen molar-refractivity contribution in [2.45, 2.75) is 12.8 Å². The van der Waals surface area contributed by atoms with Crippen molar-refractivity contribution < 1.29 is 0 Å². The molecule has 0 aromatic carbocycles. The molecule has 54 valence electrons. The number of nitrogens with zero attached hydrogens (tertiary/aromatic N) is 2. The smallest absolute Gasteiger partial charge is 0.115 e. The zero-order valence-corrected chi connectivity index (χ0v) is 5.83. The molecule has 0 unspecified atom stereocenters. The van der Waals surface area contributed by atoms with E-state index in [0.29, 0.717) is 0 Å². The van der Waals surface area contributed by atoms with Gasteiger partial charge in [-0.1, -0.05) is 0 Å². The summed E-state index contributed by atoms with van der Waals surface area (Å²) in [4.78, 5) is 7.77. The van der Waals surface area contributed by atoms with Crippen molar-refractivity contribution in [2.75, 3.05) is 6.54 Å². The van der Waals surface area contributed by atoms with Crippen LogP contribution in [0.1, 0.15) is 12.0 Å². The summed E-state index contributed by atoms with van der Waals surface area (Å²) in [6, 6.07) is 0. The van der Waals surface area contributed by atoms with Gasteiger partial charge in [-0.15, -0.1) is 0 Å². The van der Waals surface area contributed by atoms with Gasteiger partial charge < -0.3 is 5.73 Å². The number of aromatic nitrogens is 2. The highest BCUT2D eigenvalue weighted by Gasteiger charge is 1.89. The summed E-state index contributed by atoms with van der Waals surface area (Å²) in [5.74, 6) is 0. The fraction of sp³-hybridized carbons (Fsp3) is 0.429. The Morgan fingerprint density at radius 2 is 2.00 bits per heavy atom. The monoisotopic (exact) mass is 137 g/mol. The zero-order valence-electron chi connectivity index (χ0n) is 5.83. The molecule has 1 rings (SSSR count). The van der Waals surface area contributed by atoms with Crippen molar-refractivity contribution in [2.24, 2.45) is 5.73 Å². The molecule has 1 heterocycles. The number of hydrogen-bond donors (Lipinski definition) is 1. The van der Waals surface area contributed by atoms with Crippen LogP contribution in [0.5, 0.6) is 0 Å². The molecule has 0 aliphatic rings. The minimum atomic E-state index is 0.731. The summed E-state index contributed by atoms with van der Waals surface area (Å²) in [6.07, 6.45) is 7.17. The Hall–Kier alpha value is -0.960. The van der Waals surface area contributed by atoms with Crippen molar-refractivity contribution >= 4 is 0 Å². The van der Waals surface area contributed by atoms with Crippen LogP contribution in [0.25, 0.3) is 0 Å². The minimum absolute atomic E-state index is 0.731. The molecule has 3 heteroatoms. The largest absolute Gasteiger partial charge is 0.330 e. The first-order chi connectivity index (χ1) is 4.93. The predicted molar refractivity (Wildman–Crippen MR) is 39.4 cm³/mol. The Bertz CT molecular complexity index is 173. The first kappa shape index (κ1) is 7.15. The highest BCUT2D eigenvalue weighted by atomic mass is 14.8. The Kier molecular flexibility index (Phi) is 2.83. The third kappa shape index (κ3) is 2.11. The SMILES string of the molecule is NCCCc1cncnc1. The highest BCUT2D eigenvalue weighted by molar-refractivity contribution is 5.01. The van der Waals surface area contributed by atoms with Gasteiger partial charge in [0, 0.05) is 12.4 Å². The molecule has 0 bridgehead atoms. The lowest BCUT2D eigenvalue weighted by atomic mass is 10.2. The van der Waals surface area contributed by atoms with E-state index in [1.54, 1.807) is 0 Å². The van der Waals surface area contributed by atoms with Crippen LogP contribution in [-0.4, -0.2) is 16.5 Å². The second-order valence-corrected chi connectivity index (χ2v) is 2.14. The number of nitrogens with two attached hydrogens (primary N) is 1. The first-order valence-electron chi connectivity index (χ1n) is 3.37. The molecular formula is C7H11N3. The van der Waals surface area contributed by atoms with Gasteiger partial charge >= 0.3 is 0 Å². The molecule has 3 nitrogen and oxygen atoms in total. The summed E-state index contributed by atoms with van der Waals surface area (Å²) in [5.41, 5.74) is 6.50. The van der Waals surface area contributed by atoms with Crippen molar-refractivity contribution in [3.63, 3.8) is 0 Å². The molecule has 0 aliphatic heterocycles. The van der Waals surface area contributed by atoms with Crippen LogP contribution in [0.4, 0.5) is 0 Å². The quantitative estimate of drug-likeness (QED) is 0.654. The van der Waals surface area contributed by atoms with Crippen LogP contribution in [0.15, 0.2) is 18.7 Å². The Balaban J connectivity index is 2.43. The van der Waals surface area contributed by atoms with Gasteiger partial charge in [-0.05, 0) is 24.9 Å². The fourth-order valence-corrected chi connectivity index (χ4v) is 0.765. The Morgan fingerprint density at radius 3 is 2.60 bits per heavy atom. The molecular weight excluding hydrogens is 126 g/mol. The van der Waals surface area contributed by atoms with E-state index in [1.165, 1.54) is 6.33 Å². The lowest BCUT2D eigenvalue weighted by Crippen LogP contribution is -2.00. The van der Waals surface area contributed by atoms with Crippen molar-refractivity contribution in [3.05, 3.63) is 24.3 Å². The second-order valence-electron chi connectivity index (χ2n) is 2.14. The van der Waals surface area contributed by atoms with E-state index in [1.807, 2.05) is 12.4 Å². The van der Waals surface area contributed by atoms with Crippen LogP contribution < -0.4 is 5.73 Å². The molecule has 0 radical (unpaired) electrons. The molecule has 1 aromatic rings. The summed E-state index contributed by atoms with van der Waals surface area (Å²) in [6.45, 7) is 0.731. The highest BCUT2D eigenvalue weighted by Crippen LogP contribution is 1.95. The summed E-state index contributed by atoms with van der Waals surface area (Å²) < 4.78 is 0. The maximum absolute atomic E-state index is 5.34. The Labute approximate surface area is 60.3 Å². The van der Waals surface area contributed by atoms with Crippen molar-refractivity contribution in [3.8, 4) is 0 Å². The Morgan fingerprint density at radius 1 is 1.30 bits per heavy atom. The van der Waals surface area contributed by atoms with Crippen molar-refractivity contribution in [1.82, 2.24) is 9.97 Å². The van der Waals surface area contributed by atoms with Gasteiger partial charge in [0.1, 0.15) is 6.33 Å². The average molecular weight is 137 g/mol. The van der Waals surface area contributed by atoms with E-state index < -0.39 is 0 Å². The van der Waals surface area contributed by atoms with E-state index in [-0.39, 0.29) is 0 Å². The molecule has 0 spiro atoms. The van der Waals surface area contributed by atoms with Crippen LogP contribution in [0, 0.1) is 0 Å². The lowest BCUT2D eigenvalue weighted by molar-refractivity contribution is 0.823. The standard InChI is InChI=1S/C7H11N3/c8-3-1-2-7-4-9-6-10-5-7/h4-6H,1-3,8H2.